The molecule has 1 atom stereocenters. The van der Waals surface area contributed by atoms with Crippen molar-refractivity contribution in [3.8, 4) is 16.9 Å². The van der Waals surface area contributed by atoms with Gasteiger partial charge in [0.1, 0.15) is 5.75 Å². The van der Waals surface area contributed by atoms with Gasteiger partial charge in [-0.05, 0) is 36.6 Å². The van der Waals surface area contributed by atoms with Crippen molar-refractivity contribution in [1.82, 2.24) is 4.90 Å². The molecule has 22 heavy (non-hydrogen) atoms. The molecular formula is C19H23NO2. The molecule has 0 radical (unpaired) electrons. The van der Waals surface area contributed by atoms with Gasteiger partial charge in [0.15, 0.2) is 0 Å². The number of rotatable bonds is 5. The fourth-order valence-electron chi connectivity index (χ4n) is 3.22. The molecule has 0 aliphatic carbocycles. The summed E-state index contributed by atoms with van der Waals surface area (Å²) in [6, 6.07) is 17.1. The summed E-state index contributed by atoms with van der Waals surface area (Å²) in [7, 11) is 1.70. The Bertz CT molecular complexity index is 609. The maximum Gasteiger partial charge on any atom is 0.126 e. The molecule has 0 saturated carbocycles. The zero-order chi connectivity index (χ0) is 15.4. The fraction of sp³-hybridized carbons (Fsp3) is 0.368. The minimum absolute atomic E-state index is 0.263. The predicted molar refractivity (Wildman–Crippen MR) is 88.9 cm³/mol. The molecular weight excluding hydrogens is 274 g/mol. The van der Waals surface area contributed by atoms with E-state index in [1.54, 1.807) is 7.11 Å². The van der Waals surface area contributed by atoms with E-state index in [2.05, 4.69) is 35.2 Å². The lowest BCUT2D eigenvalue weighted by molar-refractivity contribution is 0.153. The van der Waals surface area contributed by atoms with Crippen LogP contribution in [0.4, 0.5) is 0 Å². The van der Waals surface area contributed by atoms with Gasteiger partial charge in [-0.2, -0.15) is 0 Å². The van der Waals surface area contributed by atoms with Crippen molar-refractivity contribution in [2.75, 3.05) is 20.3 Å². The first-order valence-electron chi connectivity index (χ1n) is 7.89. The highest BCUT2D eigenvalue weighted by Gasteiger charge is 2.23. The molecule has 0 unspecified atom stereocenters. The normalized spacial score (nSPS) is 18.5. The van der Waals surface area contributed by atoms with Gasteiger partial charge in [-0.15, -0.1) is 0 Å². The molecule has 2 aromatic carbocycles. The first-order chi connectivity index (χ1) is 10.8. The Morgan fingerprint density at radius 2 is 1.91 bits per heavy atom. The topological polar surface area (TPSA) is 32.7 Å². The Morgan fingerprint density at radius 1 is 1.14 bits per heavy atom. The van der Waals surface area contributed by atoms with Gasteiger partial charge in [-0.25, -0.2) is 0 Å². The van der Waals surface area contributed by atoms with Gasteiger partial charge < -0.3 is 9.84 Å². The minimum Gasteiger partial charge on any atom is -0.496 e. The minimum atomic E-state index is 0.263. The molecule has 3 rings (SSSR count). The Labute approximate surface area is 132 Å². The number of hydrogen-bond donors (Lipinski definition) is 1. The number of para-hydroxylation sites is 1. The van der Waals surface area contributed by atoms with Gasteiger partial charge in [-0.1, -0.05) is 42.5 Å². The lowest BCUT2D eigenvalue weighted by Crippen LogP contribution is -2.31. The summed E-state index contributed by atoms with van der Waals surface area (Å²) in [6.45, 7) is 2.26. The largest absolute Gasteiger partial charge is 0.496 e. The summed E-state index contributed by atoms with van der Waals surface area (Å²) in [5, 5.41) is 9.41. The number of aliphatic hydroxyl groups is 1. The average molecular weight is 297 g/mol. The third-order valence-electron chi connectivity index (χ3n) is 4.47. The molecule has 1 aliphatic heterocycles. The number of aliphatic hydroxyl groups excluding tert-OH is 1. The molecule has 3 heteroatoms. The van der Waals surface area contributed by atoms with Gasteiger partial charge in [-0.3, -0.25) is 4.90 Å². The van der Waals surface area contributed by atoms with Gasteiger partial charge >= 0.3 is 0 Å². The monoisotopic (exact) mass is 297 g/mol. The van der Waals surface area contributed by atoms with E-state index in [1.165, 1.54) is 17.5 Å². The quantitative estimate of drug-likeness (QED) is 0.919. The standard InChI is InChI=1S/C19H23NO2/c1-22-19-7-3-2-6-18(19)16-10-8-15(9-11-16)13-20-12-4-5-17(20)14-21/h2-3,6-11,17,21H,4-5,12-14H2,1H3/t17-/m1/s1. The highest BCUT2D eigenvalue weighted by Crippen LogP contribution is 2.30. The second-order valence-corrected chi connectivity index (χ2v) is 5.85. The summed E-state index contributed by atoms with van der Waals surface area (Å²) in [5.41, 5.74) is 3.58. The number of ether oxygens (including phenoxy) is 1. The predicted octanol–water partition coefficient (Wildman–Crippen LogP) is 3.32. The van der Waals surface area contributed by atoms with E-state index in [9.17, 15) is 5.11 Å². The Hall–Kier alpha value is -1.84. The molecule has 1 saturated heterocycles. The maximum absolute atomic E-state index is 9.41. The van der Waals surface area contributed by atoms with Gasteiger partial charge in [0, 0.05) is 18.2 Å². The van der Waals surface area contributed by atoms with Crippen molar-refractivity contribution in [2.45, 2.75) is 25.4 Å². The Morgan fingerprint density at radius 3 is 2.64 bits per heavy atom. The van der Waals surface area contributed by atoms with E-state index < -0.39 is 0 Å². The van der Waals surface area contributed by atoms with Gasteiger partial charge in [0.2, 0.25) is 0 Å². The lowest BCUT2D eigenvalue weighted by Gasteiger charge is -2.22. The highest BCUT2D eigenvalue weighted by atomic mass is 16.5. The van der Waals surface area contributed by atoms with E-state index in [1.807, 2.05) is 18.2 Å². The van der Waals surface area contributed by atoms with Crippen LogP contribution in [0.15, 0.2) is 48.5 Å². The third kappa shape index (κ3) is 3.16. The number of hydrogen-bond acceptors (Lipinski definition) is 3. The number of benzene rings is 2. The Kier molecular flexibility index (Phi) is 4.76. The average Bonchev–Trinajstić information content (AvgIpc) is 3.02. The zero-order valence-electron chi connectivity index (χ0n) is 13.0. The summed E-state index contributed by atoms with van der Waals surface area (Å²) in [6.07, 6.45) is 2.29. The summed E-state index contributed by atoms with van der Waals surface area (Å²) in [4.78, 5) is 2.37. The number of methoxy groups -OCH3 is 1. The molecule has 1 fully saturated rings. The van der Waals surface area contributed by atoms with Crippen molar-refractivity contribution >= 4 is 0 Å². The van der Waals surface area contributed by atoms with E-state index in [-0.39, 0.29) is 6.61 Å². The highest BCUT2D eigenvalue weighted by molar-refractivity contribution is 5.70. The SMILES string of the molecule is COc1ccccc1-c1ccc(CN2CCC[C@@H]2CO)cc1. The van der Waals surface area contributed by atoms with Crippen LogP contribution in [-0.4, -0.2) is 36.3 Å². The van der Waals surface area contributed by atoms with E-state index in [0.29, 0.717) is 6.04 Å². The van der Waals surface area contributed by atoms with Crippen molar-refractivity contribution in [2.24, 2.45) is 0 Å². The molecule has 116 valence electrons. The van der Waals surface area contributed by atoms with Gasteiger partial charge in [0.25, 0.3) is 0 Å². The van der Waals surface area contributed by atoms with Crippen molar-refractivity contribution in [3.63, 3.8) is 0 Å². The summed E-state index contributed by atoms with van der Waals surface area (Å²) in [5.74, 6) is 0.898. The molecule has 0 bridgehead atoms. The molecule has 2 aromatic rings. The third-order valence-corrected chi connectivity index (χ3v) is 4.47. The molecule has 0 aromatic heterocycles. The van der Waals surface area contributed by atoms with Crippen LogP contribution >= 0.6 is 0 Å². The molecule has 0 amide bonds. The van der Waals surface area contributed by atoms with Crippen LogP contribution in [0.1, 0.15) is 18.4 Å². The second-order valence-electron chi connectivity index (χ2n) is 5.85. The fourth-order valence-corrected chi connectivity index (χ4v) is 3.22. The number of nitrogens with zero attached hydrogens (tertiary/aromatic N) is 1. The van der Waals surface area contributed by atoms with E-state index in [4.69, 9.17) is 4.74 Å². The van der Waals surface area contributed by atoms with E-state index >= 15 is 0 Å². The van der Waals surface area contributed by atoms with Gasteiger partial charge in [0.05, 0.1) is 13.7 Å². The lowest BCUT2D eigenvalue weighted by atomic mass is 10.0. The summed E-state index contributed by atoms with van der Waals surface area (Å²) < 4.78 is 5.43. The van der Waals surface area contributed by atoms with Crippen molar-refractivity contribution in [1.29, 1.82) is 0 Å². The van der Waals surface area contributed by atoms with Crippen LogP contribution < -0.4 is 4.74 Å². The van der Waals surface area contributed by atoms with Crippen LogP contribution in [0.5, 0.6) is 5.75 Å². The van der Waals surface area contributed by atoms with Crippen LogP contribution in [0.25, 0.3) is 11.1 Å². The summed E-state index contributed by atoms with van der Waals surface area (Å²) >= 11 is 0. The molecule has 0 spiro atoms. The van der Waals surface area contributed by atoms with Crippen molar-refractivity contribution < 1.29 is 9.84 Å². The first kappa shape index (κ1) is 15.1. The maximum atomic E-state index is 9.41. The van der Waals surface area contributed by atoms with E-state index in [0.717, 1.165) is 30.8 Å². The smallest absolute Gasteiger partial charge is 0.126 e. The van der Waals surface area contributed by atoms with Crippen molar-refractivity contribution in [3.05, 3.63) is 54.1 Å². The Balaban J connectivity index is 1.75. The van der Waals surface area contributed by atoms with Crippen LogP contribution in [0.2, 0.25) is 0 Å². The zero-order valence-corrected chi connectivity index (χ0v) is 13.0. The first-order valence-corrected chi connectivity index (χ1v) is 7.89. The second kappa shape index (κ2) is 6.95. The van der Waals surface area contributed by atoms with Crippen LogP contribution in [-0.2, 0) is 6.54 Å². The number of likely N-dealkylation sites (tertiary alicyclic amines) is 1. The molecule has 1 N–H and O–H groups in total. The molecule has 1 aliphatic rings. The molecule has 3 nitrogen and oxygen atoms in total. The molecule has 1 heterocycles. The van der Waals surface area contributed by atoms with Crippen LogP contribution in [0.3, 0.4) is 0 Å². The van der Waals surface area contributed by atoms with Crippen LogP contribution in [0, 0.1) is 0 Å².